The highest BCUT2D eigenvalue weighted by Gasteiger charge is 2.37. The number of hydrogen-bond donors (Lipinski definition) is 3. The number of carbonyl (C=O) groups is 2. The standard InChI is InChI=1S/C24H29F2N7O4/c1-23(2,3)12-32-16-10-15(30-33(16)22(37)17(21(32)36)19(34)28-13-4-5-13)18-14(11-27-29-18)20(35)31-8-6-24(25,26)7-9-31/h10-11,13,37H,4-9,12H2,1-3H3,(H,27,29)(H,28,34). The number of rotatable bonds is 5. The zero-order valence-electron chi connectivity index (χ0n) is 20.8. The van der Waals surface area contributed by atoms with Crippen molar-refractivity contribution in [3.05, 3.63) is 33.7 Å². The SMILES string of the molecule is CC(C)(C)Cn1c(=O)c(C(=O)NC2CC2)c(O)n2nc(-c3[nH]ncc3C(=O)N3CCC(F)(F)CC3)cc12. The maximum atomic E-state index is 13.6. The van der Waals surface area contributed by atoms with Gasteiger partial charge in [-0.05, 0) is 18.3 Å². The predicted molar refractivity (Wildman–Crippen MR) is 129 cm³/mol. The lowest BCUT2D eigenvalue weighted by molar-refractivity contribution is -0.0494. The normalized spacial score (nSPS) is 17.8. The van der Waals surface area contributed by atoms with E-state index in [9.17, 15) is 28.3 Å². The lowest BCUT2D eigenvalue weighted by Crippen LogP contribution is -2.42. The number of likely N-dealkylation sites (tertiary alicyclic amines) is 1. The summed E-state index contributed by atoms with van der Waals surface area (Å²) in [4.78, 5) is 40.7. The van der Waals surface area contributed by atoms with Gasteiger partial charge >= 0.3 is 0 Å². The molecular formula is C24H29F2N7O4. The second-order valence-electron chi connectivity index (χ2n) is 11.0. The number of aromatic hydroxyl groups is 1. The number of aromatic nitrogens is 5. The van der Waals surface area contributed by atoms with E-state index < -0.39 is 47.6 Å². The van der Waals surface area contributed by atoms with Crippen LogP contribution in [0.15, 0.2) is 17.1 Å². The molecule has 13 heteroatoms. The van der Waals surface area contributed by atoms with Crippen LogP contribution in [0.5, 0.6) is 5.88 Å². The molecule has 1 saturated heterocycles. The zero-order chi connectivity index (χ0) is 26.7. The molecule has 0 aromatic carbocycles. The van der Waals surface area contributed by atoms with Crippen molar-refractivity contribution >= 4 is 17.5 Å². The molecule has 4 heterocycles. The minimum absolute atomic E-state index is 0.0282. The summed E-state index contributed by atoms with van der Waals surface area (Å²) in [6.07, 6.45) is 2.08. The van der Waals surface area contributed by atoms with Gasteiger partial charge in [0.05, 0.1) is 17.5 Å². The first kappa shape index (κ1) is 24.9. The Balaban J connectivity index is 1.59. The number of alkyl halides is 2. The van der Waals surface area contributed by atoms with E-state index >= 15 is 0 Å². The van der Waals surface area contributed by atoms with Crippen molar-refractivity contribution in [2.45, 2.75) is 65.0 Å². The molecule has 2 aliphatic rings. The van der Waals surface area contributed by atoms with Crippen molar-refractivity contribution in [3.63, 3.8) is 0 Å². The van der Waals surface area contributed by atoms with Gasteiger partial charge in [0.1, 0.15) is 11.3 Å². The molecular weight excluding hydrogens is 488 g/mol. The summed E-state index contributed by atoms with van der Waals surface area (Å²) in [5.74, 6) is -4.56. The van der Waals surface area contributed by atoms with Crippen LogP contribution in [0.2, 0.25) is 0 Å². The highest BCUT2D eigenvalue weighted by atomic mass is 19.3. The number of nitrogens with one attached hydrogen (secondary N) is 2. The fourth-order valence-electron chi connectivity index (χ4n) is 4.44. The molecule has 0 atom stereocenters. The smallest absolute Gasteiger partial charge is 0.270 e. The summed E-state index contributed by atoms with van der Waals surface area (Å²) in [5.41, 5.74) is -0.662. The van der Waals surface area contributed by atoms with Gasteiger partial charge in [0.2, 0.25) is 5.88 Å². The number of piperidine rings is 1. The summed E-state index contributed by atoms with van der Waals surface area (Å²) in [7, 11) is 0. The Bertz CT molecular complexity index is 1440. The highest BCUT2D eigenvalue weighted by Crippen LogP contribution is 2.31. The summed E-state index contributed by atoms with van der Waals surface area (Å²) >= 11 is 0. The van der Waals surface area contributed by atoms with Crippen LogP contribution in [0.1, 0.15) is 67.2 Å². The molecule has 1 aliphatic heterocycles. The van der Waals surface area contributed by atoms with Crippen LogP contribution in [0, 0.1) is 5.41 Å². The van der Waals surface area contributed by atoms with Crippen molar-refractivity contribution in [2.75, 3.05) is 13.1 Å². The number of nitrogens with zero attached hydrogens (tertiary/aromatic N) is 5. The highest BCUT2D eigenvalue weighted by molar-refractivity contribution is 6.00. The Labute approximate surface area is 210 Å². The Morgan fingerprint density at radius 3 is 2.54 bits per heavy atom. The molecule has 0 bridgehead atoms. The van der Waals surface area contributed by atoms with Crippen LogP contribution >= 0.6 is 0 Å². The van der Waals surface area contributed by atoms with E-state index in [0.29, 0.717) is 0 Å². The number of aromatic amines is 1. The second kappa shape index (κ2) is 8.67. The van der Waals surface area contributed by atoms with Gasteiger partial charge in [-0.1, -0.05) is 20.8 Å². The Morgan fingerprint density at radius 1 is 1.24 bits per heavy atom. The molecule has 198 valence electrons. The van der Waals surface area contributed by atoms with Crippen LogP contribution in [-0.4, -0.2) is 71.3 Å². The third kappa shape index (κ3) is 4.81. The number of hydrogen-bond acceptors (Lipinski definition) is 6. The fourth-order valence-corrected chi connectivity index (χ4v) is 4.44. The van der Waals surface area contributed by atoms with Gasteiger partial charge in [-0.2, -0.15) is 14.7 Å². The van der Waals surface area contributed by atoms with Gasteiger partial charge in [0, 0.05) is 44.6 Å². The number of halogens is 2. The summed E-state index contributed by atoms with van der Waals surface area (Å²) in [6.45, 7) is 5.83. The van der Waals surface area contributed by atoms with Crippen LogP contribution in [-0.2, 0) is 6.54 Å². The third-order valence-electron chi connectivity index (χ3n) is 6.53. The van der Waals surface area contributed by atoms with E-state index in [2.05, 4.69) is 20.6 Å². The molecule has 5 rings (SSSR count). The van der Waals surface area contributed by atoms with Gasteiger partial charge in [-0.25, -0.2) is 8.78 Å². The fraction of sp³-hybridized carbons (Fsp3) is 0.542. The first-order valence-electron chi connectivity index (χ1n) is 12.2. The van der Waals surface area contributed by atoms with E-state index in [1.165, 1.54) is 21.7 Å². The third-order valence-corrected chi connectivity index (χ3v) is 6.53. The maximum absolute atomic E-state index is 13.6. The van der Waals surface area contributed by atoms with E-state index in [4.69, 9.17) is 0 Å². The zero-order valence-corrected chi connectivity index (χ0v) is 20.8. The second-order valence-corrected chi connectivity index (χ2v) is 11.0. The van der Waals surface area contributed by atoms with E-state index in [0.717, 1.165) is 17.4 Å². The average molecular weight is 518 g/mol. The molecule has 1 aliphatic carbocycles. The maximum Gasteiger partial charge on any atom is 0.270 e. The molecule has 0 radical (unpaired) electrons. The van der Waals surface area contributed by atoms with E-state index in [1.807, 2.05) is 20.8 Å². The summed E-state index contributed by atoms with van der Waals surface area (Å²) in [5, 5.41) is 24.8. The van der Waals surface area contributed by atoms with Gasteiger partial charge in [-0.15, -0.1) is 0 Å². The lowest BCUT2D eigenvalue weighted by Gasteiger charge is -2.31. The van der Waals surface area contributed by atoms with Crippen LogP contribution in [0.4, 0.5) is 8.78 Å². The molecule has 3 N–H and O–H groups in total. The lowest BCUT2D eigenvalue weighted by atomic mass is 9.97. The molecule has 0 unspecified atom stereocenters. The molecule has 3 aromatic rings. The van der Waals surface area contributed by atoms with Crippen molar-refractivity contribution in [3.8, 4) is 17.3 Å². The van der Waals surface area contributed by atoms with Crippen LogP contribution in [0.3, 0.4) is 0 Å². The first-order valence-corrected chi connectivity index (χ1v) is 12.2. The van der Waals surface area contributed by atoms with Crippen LogP contribution < -0.4 is 10.9 Å². The summed E-state index contributed by atoms with van der Waals surface area (Å²) in [6, 6.07) is 1.49. The van der Waals surface area contributed by atoms with Crippen molar-refractivity contribution in [1.82, 2.24) is 34.6 Å². The predicted octanol–water partition coefficient (Wildman–Crippen LogP) is 2.40. The monoisotopic (exact) mass is 517 g/mol. The van der Waals surface area contributed by atoms with Crippen molar-refractivity contribution in [2.24, 2.45) is 5.41 Å². The molecule has 2 fully saturated rings. The number of carbonyl (C=O) groups excluding carboxylic acids is 2. The largest absolute Gasteiger partial charge is 0.492 e. The van der Waals surface area contributed by atoms with E-state index in [1.54, 1.807) is 0 Å². The van der Waals surface area contributed by atoms with Gasteiger partial charge in [0.15, 0.2) is 5.56 Å². The van der Waals surface area contributed by atoms with Crippen molar-refractivity contribution in [1.29, 1.82) is 0 Å². The van der Waals surface area contributed by atoms with Crippen molar-refractivity contribution < 1.29 is 23.5 Å². The molecule has 11 nitrogen and oxygen atoms in total. The minimum atomic E-state index is -2.80. The topological polar surface area (TPSA) is 138 Å². The average Bonchev–Trinajstić information content (AvgIpc) is 3.30. The van der Waals surface area contributed by atoms with Gasteiger partial charge in [0.25, 0.3) is 23.3 Å². The van der Waals surface area contributed by atoms with Gasteiger partial charge < -0.3 is 15.3 Å². The Morgan fingerprint density at radius 2 is 1.92 bits per heavy atom. The van der Waals surface area contributed by atoms with Gasteiger partial charge in [-0.3, -0.25) is 24.0 Å². The number of amides is 2. The first-order chi connectivity index (χ1) is 17.3. The van der Waals surface area contributed by atoms with E-state index in [-0.39, 0.29) is 53.7 Å². The Kier molecular flexibility index (Phi) is 5.83. The molecule has 1 saturated carbocycles. The summed E-state index contributed by atoms with van der Waals surface area (Å²) < 4.78 is 29.6. The molecule has 37 heavy (non-hydrogen) atoms. The molecule has 0 spiro atoms. The molecule has 3 aromatic heterocycles. The number of fused-ring (bicyclic) bond motifs is 1. The molecule has 2 amide bonds. The Hall–Kier alpha value is -3.77. The number of H-pyrrole nitrogens is 1. The quantitative estimate of drug-likeness (QED) is 0.475. The minimum Gasteiger partial charge on any atom is -0.492 e. The van der Waals surface area contributed by atoms with Crippen LogP contribution in [0.25, 0.3) is 17.0 Å².